The summed E-state index contributed by atoms with van der Waals surface area (Å²) < 4.78 is 5.24. The van der Waals surface area contributed by atoms with Crippen molar-refractivity contribution in [2.75, 3.05) is 7.11 Å². The fourth-order valence-corrected chi connectivity index (χ4v) is 3.71. The van der Waals surface area contributed by atoms with Gasteiger partial charge in [0.05, 0.1) is 12.7 Å². The van der Waals surface area contributed by atoms with E-state index in [2.05, 4.69) is 0 Å². The maximum Gasteiger partial charge on any atom is 0.333 e. The minimum atomic E-state index is -0.888. The van der Waals surface area contributed by atoms with E-state index in [4.69, 9.17) is 4.74 Å². The largest absolute Gasteiger partial charge is 0.497 e. The maximum atomic E-state index is 12.3. The zero-order chi connectivity index (χ0) is 18.1. The summed E-state index contributed by atoms with van der Waals surface area (Å²) in [5, 5.41) is 10.1. The number of ether oxygens (including phenoxy) is 1. The van der Waals surface area contributed by atoms with Crippen molar-refractivity contribution in [1.82, 2.24) is 0 Å². The fourth-order valence-electron chi connectivity index (χ4n) is 3.71. The first kappa shape index (κ1) is 16.2. The molecule has 3 aromatic carbocycles. The van der Waals surface area contributed by atoms with E-state index in [0.717, 1.165) is 33.6 Å². The van der Waals surface area contributed by atoms with Gasteiger partial charge in [0.2, 0.25) is 0 Å². The predicted octanol–water partition coefficient (Wildman–Crippen LogP) is 4.73. The van der Waals surface area contributed by atoms with Crippen molar-refractivity contribution in [2.24, 2.45) is 0 Å². The van der Waals surface area contributed by atoms with Gasteiger partial charge in [-0.25, -0.2) is 4.79 Å². The van der Waals surface area contributed by atoms with Gasteiger partial charge >= 0.3 is 5.97 Å². The van der Waals surface area contributed by atoms with Crippen LogP contribution in [0.5, 0.6) is 5.75 Å². The van der Waals surface area contributed by atoms with E-state index < -0.39 is 5.97 Å². The number of carboxylic acid groups (broad SMARTS) is 1. The average molecular weight is 342 g/mol. The molecule has 1 aliphatic rings. The Kier molecular flexibility index (Phi) is 4.05. The first-order valence-corrected chi connectivity index (χ1v) is 8.47. The molecule has 128 valence electrons. The smallest absolute Gasteiger partial charge is 0.333 e. The number of aliphatic carboxylic acids is 1. The SMILES string of the molecule is COc1ccc(C2C(C(=O)O)=C(c3ccccc3)c3ccccc32)cc1. The molecule has 0 heterocycles. The highest BCUT2D eigenvalue weighted by atomic mass is 16.5. The second-order valence-corrected chi connectivity index (χ2v) is 6.25. The van der Waals surface area contributed by atoms with Crippen LogP contribution >= 0.6 is 0 Å². The summed E-state index contributed by atoms with van der Waals surface area (Å²) in [4.78, 5) is 12.3. The summed E-state index contributed by atoms with van der Waals surface area (Å²) in [6.07, 6.45) is 0. The molecule has 3 aromatic rings. The van der Waals surface area contributed by atoms with Gasteiger partial charge in [-0.1, -0.05) is 66.7 Å². The van der Waals surface area contributed by atoms with Crippen molar-refractivity contribution < 1.29 is 14.6 Å². The topological polar surface area (TPSA) is 46.5 Å². The number of fused-ring (bicyclic) bond motifs is 1. The first-order chi connectivity index (χ1) is 12.7. The summed E-state index contributed by atoms with van der Waals surface area (Å²) in [7, 11) is 1.62. The lowest BCUT2D eigenvalue weighted by molar-refractivity contribution is -0.132. The van der Waals surface area contributed by atoms with Crippen LogP contribution in [0.2, 0.25) is 0 Å². The molecule has 0 aromatic heterocycles. The number of hydrogen-bond acceptors (Lipinski definition) is 2. The van der Waals surface area contributed by atoms with Crippen LogP contribution in [0, 0.1) is 0 Å². The van der Waals surface area contributed by atoms with Crippen LogP contribution in [0.3, 0.4) is 0 Å². The number of rotatable bonds is 4. The number of hydrogen-bond donors (Lipinski definition) is 1. The zero-order valence-corrected chi connectivity index (χ0v) is 14.3. The Labute approximate surface area is 152 Å². The maximum absolute atomic E-state index is 12.3. The molecule has 0 radical (unpaired) electrons. The van der Waals surface area contributed by atoms with Gasteiger partial charge in [-0.05, 0) is 34.4 Å². The summed E-state index contributed by atoms with van der Waals surface area (Å²) >= 11 is 0. The van der Waals surface area contributed by atoms with E-state index in [1.807, 2.05) is 78.9 Å². The van der Waals surface area contributed by atoms with E-state index in [-0.39, 0.29) is 5.92 Å². The fraction of sp³-hybridized carbons (Fsp3) is 0.0870. The van der Waals surface area contributed by atoms with Crippen LogP contribution in [0.15, 0.2) is 84.4 Å². The minimum Gasteiger partial charge on any atom is -0.497 e. The molecule has 1 N–H and O–H groups in total. The lowest BCUT2D eigenvalue weighted by atomic mass is 9.88. The van der Waals surface area contributed by atoms with Crippen molar-refractivity contribution in [3.8, 4) is 5.75 Å². The van der Waals surface area contributed by atoms with Gasteiger partial charge in [0.1, 0.15) is 5.75 Å². The third-order valence-corrected chi connectivity index (χ3v) is 4.84. The van der Waals surface area contributed by atoms with Gasteiger partial charge in [-0.15, -0.1) is 0 Å². The van der Waals surface area contributed by atoms with Crippen LogP contribution in [-0.2, 0) is 4.79 Å². The average Bonchev–Trinajstić information content (AvgIpc) is 3.04. The minimum absolute atomic E-state index is 0.301. The summed E-state index contributed by atoms with van der Waals surface area (Å²) in [6.45, 7) is 0. The Balaban J connectivity index is 1.97. The van der Waals surface area contributed by atoms with Crippen molar-refractivity contribution >= 4 is 11.5 Å². The van der Waals surface area contributed by atoms with E-state index >= 15 is 0 Å². The van der Waals surface area contributed by atoms with Crippen molar-refractivity contribution in [3.63, 3.8) is 0 Å². The Bertz CT molecular complexity index is 985. The standard InChI is InChI=1S/C23H18O3/c1-26-17-13-11-16(12-14-17)21-19-10-6-5-9-18(19)20(22(21)23(24)25)15-7-3-2-4-8-15/h2-14,21H,1H3,(H,24,25). The quantitative estimate of drug-likeness (QED) is 0.746. The molecule has 26 heavy (non-hydrogen) atoms. The summed E-state index contributed by atoms with van der Waals surface area (Å²) in [5.41, 5.74) is 5.10. The molecule has 3 heteroatoms. The molecule has 1 aliphatic carbocycles. The molecule has 0 bridgehead atoms. The third kappa shape index (κ3) is 2.58. The molecule has 0 spiro atoms. The van der Waals surface area contributed by atoms with Crippen LogP contribution in [0.25, 0.3) is 5.57 Å². The molecule has 3 nitrogen and oxygen atoms in total. The molecule has 0 saturated heterocycles. The van der Waals surface area contributed by atoms with Crippen LogP contribution in [0.4, 0.5) is 0 Å². The van der Waals surface area contributed by atoms with Gasteiger partial charge in [0.15, 0.2) is 0 Å². The lowest BCUT2D eigenvalue weighted by Crippen LogP contribution is -2.10. The Morgan fingerprint density at radius 1 is 0.885 bits per heavy atom. The van der Waals surface area contributed by atoms with E-state index in [0.29, 0.717) is 5.57 Å². The van der Waals surface area contributed by atoms with Gasteiger partial charge < -0.3 is 9.84 Å². The molecule has 4 rings (SSSR count). The lowest BCUT2D eigenvalue weighted by Gasteiger charge is -2.15. The number of methoxy groups -OCH3 is 1. The molecule has 0 aliphatic heterocycles. The van der Waals surface area contributed by atoms with Crippen LogP contribution in [0.1, 0.15) is 28.2 Å². The first-order valence-electron chi connectivity index (χ1n) is 8.47. The van der Waals surface area contributed by atoms with Gasteiger partial charge in [0.25, 0.3) is 0 Å². The number of carboxylic acids is 1. The molecule has 0 amide bonds. The molecular formula is C23H18O3. The van der Waals surface area contributed by atoms with Crippen molar-refractivity contribution in [3.05, 3.63) is 107 Å². The van der Waals surface area contributed by atoms with Crippen LogP contribution in [-0.4, -0.2) is 18.2 Å². The second-order valence-electron chi connectivity index (χ2n) is 6.25. The molecule has 0 fully saturated rings. The Hall–Kier alpha value is -3.33. The monoisotopic (exact) mass is 342 g/mol. The highest BCUT2D eigenvalue weighted by Crippen LogP contribution is 2.48. The number of benzene rings is 3. The second kappa shape index (κ2) is 6.52. The normalized spacial score (nSPS) is 15.7. The third-order valence-electron chi connectivity index (χ3n) is 4.84. The summed E-state index contributed by atoms with van der Waals surface area (Å²) in [6, 6.07) is 25.3. The molecule has 1 atom stereocenters. The highest BCUT2D eigenvalue weighted by molar-refractivity contribution is 6.06. The van der Waals surface area contributed by atoms with Gasteiger partial charge in [-0.2, -0.15) is 0 Å². The molecular weight excluding hydrogens is 324 g/mol. The summed E-state index contributed by atoms with van der Waals surface area (Å²) in [5.74, 6) is -0.435. The Morgan fingerprint density at radius 2 is 1.54 bits per heavy atom. The van der Waals surface area contributed by atoms with Crippen molar-refractivity contribution in [2.45, 2.75) is 5.92 Å². The van der Waals surface area contributed by atoms with E-state index in [9.17, 15) is 9.90 Å². The molecule has 0 saturated carbocycles. The van der Waals surface area contributed by atoms with Gasteiger partial charge in [-0.3, -0.25) is 0 Å². The zero-order valence-electron chi connectivity index (χ0n) is 14.3. The van der Waals surface area contributed by atoms with E-state index in [1.54, 1.807) is 7.11 Å². The Morgan fingerprint density at radius 3 is 2.19 bits per heavy atom. The van der Waals surface area contributed by atoms with Gasteiger partial charge in [0, 0.05) is 11.5 Å². The van der Waals surface area contributed by atoms with E-state index in [1.165, 1.54) is 0 Å². The predicted molar refractivity (Wildman–Crippen MR) is 101 cm³/mol. The van der Waals surface area contributed by atoms with Crippen molar-refractivity contribution in [1.29, 1.82) is 0 Å². The molecule has 1 unspecified atom stereocenters. The van der Waals surface area contributed by atoms with Crippen LogP contribution < -0.4 is 4.74 Å². The highest BCUT2D eigenvalue weighted by Gasteiger charge is 2.36. The number of carbonyl (C=O) groups is 1.